The Morgan fingerprint density at radius 3 is 2.67 bits per heavy atom. The van der Waals surface area contributed by atoms with Crippen LogP contribution in [-0.4, -0.2) is 34.2 Å². The number of nitrogens with one attached hydrogen (secondary N) is 2. The van der Waals surface area contributed by atoms with Crippen molar-refractivity contribution in [2.45, 2.75) is 27.2 Å². The van der Waals surface area contributed by atoms with E-state index >= 15 is 0 Å². The molecule has 0 aliphatic heterocycles. The van der Waals surface area contributed by atoms with Crippen molar-refractivity contribution in [2.24, 2.45) is 0 Å². The molecule has 2 N–H and O–H groups in total. The topological polar surface area (TPSA) is 61.0 Å². The van der Waals surface area contributed by atoms with Crippen molar-refractivity contribution in [2.75, 3.05) is 18.4 Å². The highest BCUT2D eigenvalue weighted by Crippen LogP contribution is 2.11. The fraction of sp³-hybridized carbons (Fsp3) is 0.600. The minimum atomic E-state index is -0.0843. The number of aryl methyl sites for hydroxylation is 1. The fourth-order valence-electron chi connectivity index (χ4n) is 1.38. The molecule has 15 heavy (non-hydrogen) atoms. The molecule has 0 atom stereocenters. The molecule has 1 aromatic rings. The van der Waals surface area contributed by atoms with Crippen LogP contribution in [0.25, 0.3) is 0 Å². The van der Waals surface area contributed by atoms with Crippen molar-refractivity contribution in [1.29, 1.82) is 0 Å². The highest BCUT2D eigenvalue weighted by molar-refractivity contribution is 5.88. The normalized spacial score (nSPS) is 10.1. The average Bonchev–Trinajstić information content (AvgIpc) is 2.67. The highest BCUT2D eigenvalue weighted by atomic mass is 16.2. The number of carbonyl (C=O) groups is 1. The summed E-state index contributed by atoms with van der Waals surface area (Å²) in [7, 11) is 0. The summed E-state index contributed by atoms with van der Waals surface area (Å²) in [4.78, 5) is 13.4. The monoisotopic (exact) mass is 210 g/mol. The minimum absolute atomic E-state index is 0.0843. The van der Waals surface area contributed by atoms with Gasteiger partial charge in [0, 0.05) is 18.7 Å². The minimum Gasteiger partial charge on any atom is -0.325 e. The van der Waals surface area contributed by atoms with Crippen molar-refractivity contribution in [3.05, 3.63) is 11.8 Å². The van der Waals surface area contributed by atoms with Gasteiger partial charge >= 0.3 is 6.03 Å². The van der Waals surface area contributed by atoms with Crippen LogP contribution in [0.15, 0.2) is 6.20 Å². The lowest BCUT2D eigenvalue weighted by atomic mass is 10.2. The molecule has 0 aliphatic rings. The smallest absolute Gasteiger partial charge is 0.322 e. The molecule has 1 heterocycles. The van der Waals surface area contributed by atoms with E-state index in [2.05, 4.69) is 15.5 Å². The van der Waals surface area contributed by atoms with Crippen LogP contribution in [-0.2, 0) is 6.42 Å². The predicted octanol–water partition coefficient (Wildman–Crippen LogP) is 1.85. The van der Waals surface area contributed by atoms with Gasteiger partial charge in [-0.2, -0.15) is 5.10 Å². The fourth-order valence-corrected chi connectivity index (χ4v) is 1.38. The Balaban J connectivity index is 2.65. The second-order valence-electron chi connectivity index (χ2n) is 3.23. The lowest BCUT2D eigenvalue weighted by molar-refractivity contribution is 0.217. The molecule has 1 aromatic heterocycles. The molecule has 0 aliphatic carbocycles. The summed E-state index contributed by atoms with van der Waals surface area (Å²) in [5.41, 5.74) is 1.02. The lowest BCUT2D eigenvalue weighted by Gasteiger charge is -2.18. The zero-order valence-corrected chi connectivity index (χ0v) is 9.50. The van der Waals surface area contributed by atoms with Gasteiger partial charge in [0.2, 0.25) is 0 Å². The Morgan fingerprint density at radius 1 is 1.47 bits per heavy atom. The van der Waals surface area contributed by atoms with Crippen molar-refractivity contribution in [3.8, 4) is 0 Å². The van der Waals surface area contributed by atoms with Crippen LogP contribution in [0.3, 0.4) is 0 Å². The molecule has 0 aromatic carbocycles. The third-order valence-corrected chi connectivity index (χ3v) is 2.38. The SMILES string of the molecule is CCc1cn[nH]c1NC(=O)N(CC)CC. The Morgan fingerprint density at radius 2 is 2.13 bits per heavy atom. The first-order chi connectivity index (χ1) is 7.22. The zero-order chi connectivity index (χ0) is 11.3. The summed E-state index contributed by atoms with van der Waals surface area (Å²) >= 11 is 0. The number of carbonyl (C=O) groups excluding carboxylic acids is 1. The van der Waals surface area contributed by atoms with E-state index in [0.29, 0.717) is 18.9 Å². The Kier molecular flexibility index (Phi) is 4.15. The van der Waals surface area contributed by atoms with Crippen LogP contribution < -0.4 is 5.32 Å². The third kappa shape index (κ3) is 2.71. The number of anilines is 1. The molecule has 0 unspecified atom stereocenters. The molecular weight excluding hydrogens is 192 g/mol. The van der Waals surface area contributed by atoms with Gasteiger partial charge in [-0.25, -0.2) is 4.79 Å². The highest BCUT2D eigenvalue weighted by Gasteiger charge is 2.11. The van der Waals surface area contributed by atoms with Gasteiger partial charge < -0.3 is 4.90 Å². The van der Waals surface area contributed by atoms with Crippen molar-refractivity contribution in [1.82, 2.24) is 15.1 Å². The van der Waals surface area contributed by atoms with Crippen LogP contribution in [0.2, 0.25) is 0 Å². The molecule has 84 valence electrons. The number of hydrogen-bond acceptors (Lipinski definition) is 2. The van der Waals surface area contributed by atoms with Crippen molar-refractivity contribution >= 4 is 11.8 Å². The maximum Gasteiger partial charge on any atom is 0.322 e. The molecule has 0 spiro atoms. The predicted molar refractivity (Wildman–Crippen MR) is 59.9 cm³/mol. The van der Waals surface area contributed by atoms with Gasteiger partial charge in [0.05, 0.1) is 6.20 Å². The number of hydrogen-bond donors (Lipinski definition) is 2. The molecule has 5 nitrogen and oxygen atoms in total. The summed E-state index contributed by atoms with van der Waals surface area (Å²) in [6.07, 6.45) is 2.59. The van der Waals surface area contributed by atoms with Crippen molar-refractivity contribution in [3.63, 3.8) is 0 Å². The Hall–Kier alpha value is -1.52. The summed E-state index contributed by atoms with van der Waals surface area (Å²) < 4.78 is 0. The molecular formula is C10H18N4O. The standard InChI is InChI=1S/C10H18N4O/c1-4-8-7-11-13-9(8)12-10(15)14(5-2)6-3/h7H,4-6H2,1-3H3,(H2,11,12,13,15). The number of rotatable bonds is 4. The quantitative estimate of drug-likeness (QED) is 0.796. The molecule has 2 amide bonds. The summed E-state index contributed by atoms with van der Waals surface area (Å²) in [5, 5.41) is 9.49. The van der Waals surface area contributed by atoms with Crippen LogP contribution in [0.5, 0.6) is 0 Å². The zero-order valence-electron chi connectivity index (χ0n) is 9.50. The van der Waals surface area contributed by atoms with E-state index in [-0.39, 0.29) is 6.03 Å². The first-order valence-corrected chi connectivity index (χ1v) is 5.31. The average molecular weight is 210 g/mol. The van der Waals surface area contributed by atoms with E-state index in [1.54, 1.807) is 11.1 Å². The van der Waals surface area contributed by atoms with Gasteiger partial charge in [0.15, 0.2) is 0 Å². The number of amides is 2. The Bertz CT molecular complexity index is 317. The molecule has 0 bridgehead atoms. The van der Waals surface area contributed by atoms with E-state index in [0.717, 1.165) is 12.0 Å². The van der Waals surface area contributed by atoms with Gasteiger partial charge in [-0.3, -0.25) is 10.4 Å². The van der Waals surface area contributed by atoms with Crippen LogP contribution in [0.4, 0.5) is 10.6 Å². The first kappa shape index (κ1) is 11.6. The van der Waals surface area contributed by atoms with Crippen LogP contribution in [0, 0.1) is 0 Å². The maximum atomic E-state index is 11.7. The van der Waals surface area contributed by atoms with E-state index in [1.807, 2.05) is 20.8 Å². The molecule has 0 fully saturated rings. The molecule has 5 heteroatoms. The van der Waals surface area contributed by atoms with Crippen LogP contribution >= 0.6 is 0 Å². The maximum absolute atomic E-state index is 11.7. The second-order valence-corrected chi connectivity index (χ2v) is 3.23. The van der Waals surface area contributed by atoms with Gasteiger partial charge in [-0.05, 0) is 20.3 Å². The summed E-state index contributed by atoms with van der Waals surface area (Å²) in [5.74, 6) is 0.703. The number of urea groups is 1. The van der Waals surface area contributed by atoms with E-state index < -0.39 is 0 Å². The van der Waals surface area contributed by atoms with E-state index in [4.69, 9.17) is 0 Å². The van der Waals surface area contributed by atoms with E-state index in [1.165, 1.54) is 0 Å². The van der Waals surface area contributed by atoms with Gasteiger partial charge in [-0.15, -0.1) is 0 Å². The third-order valence-electron chi connectivity index (χ3n) is 2.38. The lowest BCUT2D eigenvalue weighted by Crippen LogP contribution is -2.34. The largest absolute Gasteiger partial charge is 0.325 e. The molecule has 0 saturated heterocycles. The Labute approximate surface area is 89.9 Å². The number of aromatic amines is 1. The molecule has 0 saturated carbocycles. The van der Waals surface area contributed by atoms with Gasteiger partial charge in [-0.1, -0.05) is 6.92 Å². The second kappa shape index (κ2) is 5.38. The van der Waals surface area contributed by atoms with E-state index in [9.17, 15) is 4.79 Å². The molecule has 1 rings (SSSR count). The van der Waals surface area contributed by atoms with Gasteiger partial charge in [0.25, 0.3) is 0 Å². The number of H-pyrrole nitrogens is 1. The number of aromatic nitrogens is 2. The molecule has 0 radical (unpaired) electrons. The van der Waals surface area contributed by atoms with Crippen LogP contribution in [0.1, 0.15) is 26.3 Å². The summed E-state index contributed by atoms with van der Waals surface area (Å²) in [6, 6.07) is -0.0843. The summed E-state index contributed by atoms with van der Waals surface area (Å²) in [6.45, 7) is 7.35. The number of nitrogens with zero attached hydrogens (tertiary/aromatic N) is 2. The van der Waals surface area contributed by atoms with Crippen molar-refractivity contribution < 1.29 is 4.79 Å². The van der Waals surface area contributed by atoms with Gasteiger partial charge in [0.1, 0.15) is 5.82 Å². The first-order valence-electron chi connectivity index (χ1n) is 5.31.